The highest BCUT2D eigenvalue weighted by Crippen LogP contribution is 2.20. The van der Waals surface area contributed by atoms with Gasteiger partial charge >= 0.3 is 5.37 Å². The van der Waals surface area contributed by atoms with Gasteiger partial charge in [-0.25, -0.2) is 9.97 Å². The fourth-order valence-corrected chi connectivity index (χ4v) is 1.94. The third-order valence-corrected chi connectivity index (χ3v) is 2.88. The third kappa shape index (κ3) is 5.55. The Bertz CT molecular complexity index is 694. The van der Waals surface area contributed by atoms with Crippen LogP contribution in [0.2, 0.25) is 0 Å². The van der Waals surface area contributed by atoms with E-state index in [0.29, 0.717) is 30.5 Å². The minimum Gasteiger partial charge on any atom is -0.368 e. The minimum absolute atomic E-state index is 0.102. The molecule has 2 amide bonds. The molecular formula is C15H16ClN5O2. The van der Waals surface area contributed by atoms with Crippen molar-refractivity contribution in [1.29, 1.82) is 0 Å². The quantitative estimate of drug-likeness (QED) is 0.429. The Morgan fingerprint density at radius 2 is 1.78 bits per heavy atom. The monoisotopic (exact) mass is 333 g/mol. The van der Waals surface area contributed by atoms with Gasteiger partial charge in [0.15, 0.2) is 5.82 Å². The Hall–Kier alpha value is -2.67. The van der Waals surface area contributed by atoms with Gasteiger partial charge < -0.3 is 10.6 Å². The number of benzene rings is 1. The van der Waals surface area contributed by atoms with Crippen LogP contribution in [0.15, 0.2) is 36.4 Å². The maximum Gasteiger partial charge on any atom is 0.319 e. The molecule has 0 aliphatic carbocycles. The van der Waals surface area contributed by atoms with Gasteiger partial charge in [0.25, 0.3) is 0 Å². The maximum atomic E-state index is 11.0. The zero-order valence-electron chi connectivity index (χ0n) is 12.5. The molecule has 2 rings (SSSR count). The van der Waals surface area contributed by atoms with Gasteiger partial charge in [-0.15, -0.1) is 0 Å². The average Bonchev–Trinajstić information content (AvgIpc) is 2.51. The van der Waals surface area contributed by atoms with E-state index in [1.165, 1.54) is 6.92 Å². The molecule has 8 heteroatoms. The van der Waals surface area contributed by atoms with E-state index in [4.69, 9.17) is 11.6 Å². The van der Waals surface area contributed by atoms with Crippen LogP contribution in [0.25, 0.3) is 11.4 Å². The predicted molar refractivity (Wildman–Crippen MR) is 89.5 cm³/mol. The number of anilines is 2. The maximum absolute atomic E-state index is 11.0. The molecule has 0 aliphatic heterocycles. The molecule has 0 saturated carbocycles. The summed E-state index contributed by atoms with van der Waals surface area (Å²) < 4.78 is 0. The van der Waals surface area contributed by atoms with E-state index in [2.05, 4.69) is 25.9 Å². The number of rotatable bonds is 6. The number of hydrogen-bond donors (Lipinski definition) is 3. The standard InChI is InChI=1S/C15H16ClN5O2/c1-10(22)17-7-8-18-12-9-13(21-15(16)23)20-14(19-12)11-5-3-2-4-6-11/h2-6,9H,7-8H2,1H3,(H,17,22)(H2,18,19,20,21,23). The summed E-state index contributed by atoms with van der Waals surface area (Å²) in [5, 5.41) is 7.44. The van der Waals surface area contributed by atoms with Crippen LogP contribution in [0, 0.1) is 0 Å². The van der Waals surface area contributed by atoms with Crippen molar-refractivity contribution in [3.8, 4) is 11.4 Å². The smallest absolute Gasteiger partial charge is 0.319 e. The molecule has 3 N–H and O–H groups in total. The van der Waals surface area contributed by atoms with Gasteiger partial charge in [0.1, 0.15) is 11.6 Å². The summed E-state index contributed by atoms with van der Waals surface area (Å²) >= 11 is 5.35. The van der Waals surface area contributed by atoms with Crippen molar-refractivity contribution in [2.45, 2.75) is 6.92 Å². The Morgan fingerprint density at radius 1 is 1.09 bits per heavy atom. The molecule has 0 atom stereocenters. The molecule has 1 heterocycles. The molecule has 1 aromatic carbocycles. The molecule has 0 aliphatic rings. The summed E-state index contributed by atoms with van der Waals surface area (Å²) in [5.41, 5.74) is 0.808. The van der Waals surface area contributed by atoms with Gasteiger partial charge in [-0.3, -0.25) is 14.9 Å². The molecule has 0 radical (unpaired) electrons. The van der Waals surface area contributed by atoms with Crippen molar-refractivity contribution < 1.29 is 9.59 Å². The van der Waals surface area contributed by atoms with Crippen molar-refractivity contribution in [3.63, 3.8) is 0 Å². The summed E-state index contributed by atoms with van der Waals surface area (Å²) in [4.78, 5) is 30.5. The SMILES string of the molecule is CC(=O)NCCNc1cc(NC(=O)Cl)nc(-c2ccccc2)n1. The van der Waals surface area contributed by atoms with Gasteiger partial charge in [0, 0.05) is 31.6 Å². The number of nitrogens with zero attached hydrogens (tertiary/aromatic N) is 2. The fourth-order valence-electron chi connectivity index (χ4n) is 1.85. The van der Waals surface area contributed by atoms with Crippen molar-refractivity contribution in [2.24, 2.45) is 0 Å². The average molecular weight is 334 g/mol. The first kappa shape index (κ1) is 16.7. The van der Waals surface area contributed by atoms with E-state index >= 15 is 0 Å². The Balaban J connectivity index is 2.19. The van der Waals surface area contributed by atoms with E-state index < -0.39 is 5.37 Å². The van der Waals surface area contributed by atoms with Crippen molar-refractivity contribution in [2.75, 3.05) is 23.7 Å². The minimum atomic E-state index is -0.730. The highest BCUT2D eigenvalue weighted by molar-refractivity contribution is 6.65. The van der Waals surface area contributed by atoms with E-state index in [1.807, 2.05) is 30.3 Å². The molecule has 23 heavy (non-hydrogen) atoms. The lowest BCUT2D eigenvalue weighted by Crippen LogP contribution is -2.26. The molecule has 1 aromatic heterocycles. The number of hydrogen-bond acceptors (Lipinski definition) is 5. The van der Waals surface area contributed by atoms with Gasteiger partial charge in [-0.1, -0.05) is 30.3 Å². The van der Waals surface area contributed by atoms with Crippen molar-refractivity contribution in [3.05, 3.63) is 36.4 Å². The summed E-state index contributed by atoms with van der Waals surface area (Å²) in [6.07, 6.45) is 0. The summed E-state index contributed by atoms with van der Waals surface area (Å²) in [7, 11) is 0. The molecular weight excluding hydrogens is 318 g/mol. The largest absolute Gasteiger partial charge is 0.368 e. The van der Waals surface area contributed by atoms with Gasteiger partial charge in [-0.05, 0) is 11.6 Å². The lowest BCUT2D eigenvalue weighted by atomic mass is 10.2. The van der Waals surface area contributed by atoms with E-state index in [1.54, 1.807) is 6.07 Å². The zero-order valence-corrected chi connectivity index (χ0v) is 13.2. The molecule has 0 spiro atoms. The van der Waals surface area contributed by atoms with Crippen LogP contribution in [0.1, 0.15) is 6.92 Å². The molecule has 2 aromatic rings. The predicted octanol–water partition coefficient (Wildman–Crippen LogP) is 2.46. The number of carbonyl (C=O) groups is 2. The van der Waals surface area contributed by atoms with Crippen LogP contribution in [-0.4, -0.2) is 34.3 Å². The van der Waals surface area contributed by atoms with E-state index in [-0.39, 0.29) is 5.91 Å². The number of nitrogens with one attached hydrogen (secondary N) is 3. The fraction of sp³-hybridized carbons (Fsp3) is 0.200. The van der Waals surface area contributed by atoms with Crippen LogP contribution < -0.4 is 16.0 Å². The Morgan fingerprint density at radius 3 is 2.43 bits per heavy atom. The second-order valence-electron chi connectivity index (χ2n) is 4.64. The lowest BCUT2D eigenvalue weighted by molar-refractivity contribution is -0.118. The zero-order chi connectivity index (χ0) is 16.7. The second kappa shape index (κ2) is 8.09. The van der Waals surface area contributed by atoms with Crippen LogP contribution in [0.5, 0.6) is 0 Å². The van der Waals surface area contributed by atoms with Crippen LogP contribution >= 0.6 is 11.6 Å². The van der Waals surface area contributed by atoms with E-state index in [0.717, 1.165) is 5.56 Å². The highest BCUT2D eigenvalue weighted by Gasteiger charge is 2.08. The first-order valence-corrected chi connectivity index (χ1v) is 7.31. The molecule has 120 valence electrons. The first-order chi connectivity index (χ1) is 11.0. The van der Waals surface area contributed by atoms with Gasteiger partial charge in [-0.2, -0.15) is 0 Å². The highest BCUT2D eigenvalue weighted by atomic mass is 35.5. The van der Waals surface area contributed by atoms with Crippen LogP contribution in [0.3, 0.4) is 0 Å². The summed E-state index contributed by atoms with van der Waals surface area (Å²) in [6.45, 7) is 2.39. The van der Waals surface area contributed by atoms with Gasteiger partial charge in [0.2, 0.25) is 5.91 Å². The van der Waals surface area contributed by atoms with Crippen LogP contribution in [-0.2, 0) is 4.79 Å². The molecule has 0 unspecified atom stereocenters. The first-order valence-electron chi connectivity index (χ1n) is 6.94. The molecule has 7 nitrogen and oxygen atoms in total. The second-order valence-corrected chi connectivity index (χ2v) is 4.98. The Labute approximate surface area is 138 Å². The molecule has 0 bridgehead atoms. The van der Waals surface area contributed by atoms with Crippen LogP contribution in [0.4, 0.5) is 16.4 Å². The van der Waals surface area contributed by atoms with E-state index in [9.17, 15) is 9.59 Å². The van der Waals surface area contributed by atoms with Gasteiger partial charge in [0.05, 0.1) is 0 Å². The Kier molecular flexibility index (Phi) is 5.87. The normalized spacial score (nSPS) is 10.0. The van der Waals surface area contributed by atoms with Crippen molar-refractivity contribution >= 4 is 34.5 Å². The molecule has 0 saturated heterocycles. The number of carbonyl (C=O) groups excluding carboxylic acids is 2. The molecule has 0 fully saturated rings. The topological polar surface area (TPSA) is 96.0 Å². The summed E-state index contributed by atoms with van der Waals surface area (Å²) in [5.74, 6) is 1.16. The number of aromatic nitrogens is 2. The number of amides is 2. The number of halogens is 1. The third-order valence-electron chi connectivity index (χ3n) is 2.79. The lowest BCUT2D eigenvalue weighted by Gasteiger charge is -2.10. The van der Waals surface area contributed by atoms with Crippen molar-refractivity contribution in [1.82, 2.24) is 15.3 Å². The summed E-state index contributed by atoms with van der Waals surface area (Å²) in [6, 6.07) is 10.9.